The fourth-order valence-corrected chi connectivity index (χ4v) is 3.07. The van der Waals surface area contributed by atoms with Crippen molar-refractivity contribution in [2.45, 2.75) is 19.5 Å². The molecule has 1 aromatic heterocycles. The van der Waals surface area contributed by atoms with Crippen molar-refractivity contribution in [3.8, 4) is 40.1 Å². The molecule has 0 saturated heterocycles. The summed E-state index contributed by atoms with van der Waals surface area (Å²) in [6, 6.07) is 6.48. The Balaban J connectivity index is 1.78. The van der Waals surface area contributed by atoms with E-state index in [1.807, 2.05) is 0 Å². The number of ether oxygens (including phenoxy) is 3. The third-order valence-electron chi connectivity index (χ3n) is 4.75. The van der Waals surface area contributed by atoms with Gasteiger partial charge in [-0.2, -0.15) is 8.78 Å². The second kappa shape index (κ2) is 7.74. The van der Waals surface area contributed by atoms with Gasteiger partial charge in [-0.3, -0.25) is 4.79 Å². The van der Waals surface area contributed by atoms with E-state index in [9.17, 15) is 23.8 Å². The second-order valence-electron chi connectivity index (χ2n) is 6.92. The van der Waals surface area contributed by atoms with Gasteiger partial charge in [0, 0.05) is 17.7 Å². The van der Waals surface area contributed by atoms with E-state index in [1.54, 1.807) is 0 Å². The van der Waals surface area contributed by atoms with Crippen LogP contribution in [0.3, 0.4) is 0 Å². The lowest BCUT2D eigenvalue weighted by atomic mass is 10.1. The van der Waals surface area contributed by atoms with Crippen LogP contribution in [0.5, 0.6) is 28.7 Å². The topological polar surface area (TPSA) is 98.4 Å². The number of halogens is 2. The zero-order valence-electron chi connectivity index (χ0n) is 15.9. The molecule has 1 saturated carbocycles. The zero-order chi connectivity index (χ0) is 21.4. The average Bonchev–Trinajstić information content (AvgIpc) is 3.51. The third kappa shape index (κ3) is 3.83. The van der Waals surface area contributed by atoms with Crippen LogP contribution >= 0.6 is 0 Å². The number of methoxy groups -OCH3 is 1. The highest BCUT2D eigenvalue weighted by atomic mass is 19.3. The molecule has 3 aromatic rings. The monoisotopic (exact) mass is 420 g/mol. The van der Waals surface area contributed by atoms with E-state index in [-0.39, 0.29) is 34.0 Å². The molecular weight excluding hydrogens is 402 g/mol. The molecule has 1 aliphatic rings. The van der Waals surface area contributed by atoms with E-state index < -0.39 is 23.5 Å². The van der Waals surface area contributed by atoms with Gasteiger partial charge in [0.15, 0.2) is 28.4 Å². The summed E-state index contributed by atoms with van der Waals surface area (Å²) in [4.78, 5) is 12.6. The van der Waals surface area contributed by atoms with Crippen molar-refractivity contribution in [2.24, 2.45) is 5.92 Å². The summed E-state index contributed by atoms with van der Waals surface area (Å²) in [5.41, 5.74) is -0.270. The van der Waals surface area contributed by atoms with Crippen LogP contribution in [0.2, 0.25) is 0 Å². The fourth-order valence-electron chi connectivity index (χ4n) is 3.07. The van der Waals surface area contributed by atoms with Crippen molar-refractivity contribution < 1.29 is 37.6 Å². The predicted molar refractivity (Wildman–Crippen MR) is 103 cm³/mol. The van der Waals surface area contributed by atoms with Crippen LogP contribution in [-0.2, 0) is 0 Å². The summed E-state index contributed by atoms with van der Waals surface area (Å²) in [5.74, 6) is -0.741. The minimum absolute atomic E-state index is 0.0679. The van der Waals surface area contributed by atoms with E-state index >= 15 is 0 Å². The lowest BCUT2D eigenvalue weighted by molar-refractivity contribution is -0.0515. The van der Waals surface area contributed by atoms with Crippen molar-refractivity contribution >= 4 is 11.0 Å². The maximum Gasteiger partial charge on any atom is 0.387 e. The van der Waals surface area contributed by atoms with Crippen LogP contribution in [0.15, 0.2) is 39.5 Å². The number of rotatable bonds is 7. The summed E-state index contributed by atoms with van der Waals surface area (Å²) in [7, 11) is 1.24. The molecule has 30 heavy (non-hydrogen) atoms. The molecule has 2 aromatic carbocycles. The lowest BCUT2D eigenvalue weighted by Gasteiger charge is -2.14. The summed E-state index contributed by atoms with van der Waals surface area (Å²) < 4.78 is 46.1. The number of aromatic hydroxyl groups is 2. The lowest BCUT2D eigenvalue weighted by Crippen LogP contribution is -2.06. The Bertz CT molecular complexity index is 1150. The molecule has 158 valence electrons. The van der Waals surface area contributed by atoms with Crippen molar-refractivity contribution in [1.82, 2.24) is 0 Å². The van der Waals surface area contributed by atoms with Gasteiger partial charge in [0.05, 0.1) is 13.7 Å². The summed E-state index contributed by atoms with van der Waals surface area (Å²) in [5, 5.41) is 20.0. The van der Waals surface area contributed by atoms with Crippen molar-refractivity contribution in [3.63, 3.8) is 0 Å². The van der Waals surface area contributed by atoms with Crippen LogP contribution in [0.4, 0.5) is 8.78 Å². The number of fused-ring (bicyclic) bond motifs is 1. The van der Waals surface area contributed by atoms with E-state index in [4.69, 9.17) is 13.9 Å². The molecule has 0 spiro atoms. The van der Waals surface area contributed by atoms with E-state index in [0.29, 0.717) is 18.1 Å². The first-order chi connectivity index (χ1) is 14.4. The molecule has 4 rings (SSSR count). The summed E-state index contributed by atoms with van der Waals surface area (Å²) in [6.45, 7) is -2.65. The predicted octanol–water partition coefficient (Wildman–Crippen LogP) is 4.27. The summed E-state index contributed by atoms with van der Waals surface area (Å²) in [6.07, 6.45) is 2.03. The Morgan fingerprint density at radius 1 is 1.17 bits per heavy atom. The molecule has 0 bridgehead atoms. The Morgan fingerprint density at radius 3 is 2.60 bits per heavy atom. The summed E-state index contributed by atoms with van der Waals surface area (Å²) >= 11 is 0. The van der Waals surface area contributed by atoms with Gasteiger partial charge in [-0.05, 0) is 37.0 Å². The van der Waals surface area contributed by atoms with Gasteiger partial charge in [0.25, 0.3) is 0 Å². The fraction of sp³-hybridized carbons (Fsp3) is 0.286. The maximum absolute atomic E-state index is 12.7. The Kier molecular flexibility index (Phi) is 5.11. The first-order valence-corrected chi connectivity index (χ1v) is 9.16. The normalized spacial score (nSPS) is 13.6. The highest BCUT2D eigenvalue weighted by molar-refractivity contribution is 5.89. The molecule has 0 radical (unpaired) electrons. The molecule has 2 N–H and O–H groups in total. The van der Waals surface area contributed by atoms with Crippen LogP contribution < -0.4 is 19.6 Å². The van der Waals surface area contributed by atoms with Gasteiger partial charge in [0.1, 0.15) is 16.7 Å². The number of benzene rings is 2. The first-order valence-electron chi connectivity index (χ1n) is 9.16. The van der Waals surface area contributed by atoms with Crippen LogP contribution in [0.1, 0.15) is 12.8 Å². The largest absolute Gasteiger partial charge is 0.504 e. The number of hydrogen-bond donors (Lipinski definition) is 2. The number of hydrogen-bond acceptors (Lipinski definition) is 7. The van der Waals surface area contributed by atoms with Crippen LogP contribution in [0, 0.1) is 5.92 Å². The van der Waals surface area contributed by atoms with Gasteiger partial charge in [-0.25, -0.2) is 0 Å². The van der Waals surface area contributed by atoms with Crippen LogP contribution in [0.25, 0.3) is 22.3 Å². The molecule has 7 nitrogen and oxygen atoms in total. The highest BCUT2D eigenvalue weighted by Crippen LogP contribution is 2.42. The number of alkyl halides is 2. The van der Waals surface area contributed by atoms with Crippen molar-refractivity contribution in [3.05, 3.63) is 40.6 Å². The quantitative estimate of drug-likeness (QED) is 0.589. The van der Waals surface area contributed by atoms with E-state index in [2.05, 4.69) is 4.74 Å². The molecule has 1 fully saturated rings. The molecule has 0 atom stereocenters. The average molecular weight is 420 g/mol. The van der Waals surface area contributed by atoms with Gasteiger partial charge < -0.3 is 28.8 Å². The maximum atomic E-state index is 12.7. The third-order valence-corrected chi connectivity index (χ3v) is 4.75. The van der Waals surface area contributed by atoms with Crippen LogP contribution in [-0.4, -0.2) is 30.5 Å². The molecule has 9 heteroatoms. The highest BCUT2D eigenvalue weighted by Gasteiger charge is 2.24. The zero-order valence-corrected chi connectivity index (χ0v) is 15.9. The SMILES string of the molecule is COc1c(O)cc2oc(-c3ccc(OC(F)F)c(OCC4CC4)c3)cc(=O)c2c1O. The van der Waals surface area contributed by atoms with Gasteiger partial charge in [-0.15, -0.1) is 0 Å². The van der Waals surface area contributed by atoms with E-state index in [0.717, 1.165) is 25.0 Å². The number of phenols is 2. The standard InChI is InChI=1S/C21H18F2O7/c1-27-20-13(25)8-17-18(19(20)26)12(24)7-15(29-17)11-4-5-14(30-21(22)23)16(6-11)28-9-10-2-3-10/h4-8,10,21,25-26H,2-3,9H2,1H3. The molecule has 1 heterocycles. The molecular formula is C21H18F2O7. The Hall–Kier alpha value is -3.49. The van der Waals surface area contributed by atoms with Gasteiger partial charge in [-0.1, -0.05) is 0 Å². The molecule has 0 unspecified atom stereocenters. The molecule has 0 amide bonds. The van der Waals surface area contributed by atoms with Gasteiger partial charge in [0.2, 0.25) is 5.75 Å². The van der Waals surface area contributed by atoms with Crippen molar-refractivity contribution in [1.29, 1.82) is 0 Å². The molecule has 0 aliphatic heterocycles. The Labute approximate surface area is 169 Å². The second-order valence-corrected chi connectivity index (χ2v) is 6.92. The minimum Gasteiger partial charge on any atom is -0.504 e. The number of phenolic OH excluding ortho intramolecular Hbond substituents is 2. The first kappa shape index (κ1) is 19.8. The smallest absolute Gasteiger partial charge is 0.387 e. The minimum atomic E-state index is -3.02. The molecule has 1 aliphatic carbocycles. The van der Waals surface area contributed by atoms with Gasteiger partial charge >= 0.3 is 6.61 Å². The van der Waals surface area contributed by atoms with E-state index in [1.165, 1.54) is 25.3 Å². The Morgan fingerprint density at radius 2 is 1.93 bits per heavy atom. The van der Waals surface area contributed by atoms with Crippen molar-refractivity contribution in [2.75, 3.05) is 13.7 Å².